The number of nitrogens with zero attached hydrogens (tertiary/aromatic N) is 1. The number of carboxylic acid groups (broad SMARTS) is 1. The summed E-state index contributed by atoms with van der Waals surface area (Å²) in [6.07, 6.45) is 1.16. The SMILES string of the molecule is CC1=NC(C(C)C)(S(C)(=O)=O)C(C=CCC[C@@H](O)C(O)C(=O)O)=C1c1ccc(F)cc1. The van der Waals surface area contributed by atoms with E-state index in [1.807, 2.05) is 0 Å². The van der Waals surface area contributed by atoms with Gasteiger partial charge >= 0.3 is 5.97 Å². The van der Waals surface area contributed by atoms with Gasteiger partial charge in [-0.15, -0.1) is 0 Å². The Morgan fingerprint density at radius 2 is 1.81 bits per heavy atom. The van der Waals surface area contributed by atoms with Crippen LogP contribution in [0, 0.1) is 11.7 Å². The van der Waals surface area contributed by atoms with E-state index in [1.165, 1.54) is 12.1 Å². The molecule has 0 amide bonds. The average molecular weight is 454 g/mol. The molecule has 0 fully saturated rings. The van der Waals surface area contributed by atoms with Crippen molar-refractivity contribution in [2.45, 2.75) is 50.7 Å². The molecule has 1 aromatic rings. The first kappa shape index (κ1) is 24.9. The number of rotatable bonds is 9. The molecule has 1 heterocycles. The predicted molar refractivity (Wildman–Crippen MR) is 117 cm³/mol. The molecule has 1 aliphatic rings. The number of hydrogen-bond donors (Lipinski definition) is 3. The Bertz CT molecular complexity index is 1030. The van der Waals surface area contributed by atoms with Crippen molar-refractivity contribution in [2.75, 3.05) is 6.26 Å². The molecule has 9 heteroatoms. The highest BCUT2D eigenvalue weighted by Crippen LogP contribution is 2.46. The number of aliphatic hydroxyl groups excluding tert-OH is 2. The first-order valence-electron chi connectivity index (χ1n) is 9.85. The van der Waals surface area contributed by atoms with Crippen LogP contribution in [0.5, 0.6) is 0 Å². The topological polar surface area (TPSA) is 124 Å². The van der Waals surface area contributed by atoms with Crippen LogP contribution in [0.4, 0.5) is 4.39 Å². The Morgan fingerprint density at radius 3 is 2.29 bits per heavy atom. The molecule has 0 bridgehead atoms. The number of allylic oxidation sites excluding steroid dienone is 2. The van der Waals surface area contributed by atoms with E-state index in [1.54, 1.807) is 45.1 Å². The number of hydrogen-bond acceptors (Lipinski definition) is 6. The van der Waals surface area contributed by atoms with Crippen LogP contribution in [0.2, 0.25) is 0 Å². The van der Waals surface area contributed by atoms with E-state index < -0.39 is 44.6 Å². The first-order valence-corrected chi connectivity index (χ1v) is 11.7. The number of benzene rings is 1. The van der Waals surface area contributed by atoms with Crippen molar-refractivity contribution in [1.29, 1.82) is 0 Å². The summed E-state index contributed by atoms with van der Waals surface area (Å²) in [5.41, 5.74) is 2.14. The van der Waals surface area contributed by atoms with Gasteiger partial charge in [0.05, 0.1) is 6.10 Å². The minimum Gasteiger partial charge on any atom is -0.479 e. The highest BCUT2D eigenvalue weighted by molar-refractivity contribution is 7.92. The van der Waals surface area contributed by atoms with Gasteiger partial charge in [0, 0.05) is 23.1 Å². The largest absolute Gasteiger partial charge is 0.479 e. The Hall–Kier alpha value is -2.36. The second-order valence-corrected chi connectivity index (χ2v) is 10.1. The summed E-state index contributed by atoms with van der Waals surface area (Å²) in [4.78, 5) is 13.8. The molecule has 0 radical (unpaired) electrons. The molecule has 2 unspecified atom stereocenters. The maximum Gasteiger partial charge on any atom is 0.335 e. The summed E-state index contributed by atoms with van der Waals surface area (Å²) in [5.74, 6) is -2.35. The lowest BCUT2D eigenvalue weighted by molar-refractivity contribution is -0.152. The quantitative estimate of drug-likeness (QED) is 0.528. The van der Waals surface area contributed by atoms with Gasteiger partial charge in [-0.3, -0.25) is 4.99 Å². The molecular weight excluding hydrogens is 425 g/mol. The maximum absolute atomic E-state index is 13.4. The van der Waals surface area contributed by atoms with Gasteiger partial charge in [-0.05, 0) is 43.4 Å². The van der Waals surface area contributed by atoms with E-state index in [-0.39, 0.29) is 12.8 Å². The van der Waals surface area contributed by atoms with Gasteiger partial charge < -0.3 is 15.3 Å². The van der Waals surface area contributed by atoms with Crippen molar-refractivity contribution in [3.8, 4) is 0 Å². The molecule has 31 heavy (non-hydrogen) atoms. The Kier molecular flexibility index (Phi) is 7.57. The number of aliphatic imine (C=N–C) groups is 1. The lowest BCUT2D eigenvalue weighted by atomic mass is 9.89. The standard InChI is InChI=1S/C22H28FNO6S/c1-13(2)22(31(4,29)30)17(7-5-6-8-18(25)20(26)21(27)28)19(14(3)24-22)15-9-11-16(23)12-10-15/h5,7,9-13,18,20,25-26H,6,8H2,1-4H3,(H,27,28)/t18-,20?,22?/m1/s1. The number of aliphatic hydroxyl groups is 2. The van der Waals surface area contributed by atoms with Gasteiger partial charge in [0.2, 0.25) is 0 Å². The van der Waals surface area contributed by atoms with Crippen LogP contribution in [-0.4, -0.2) is 58.8 Å². The summed E-state index contributed by atoms with van der Waals surface area (Å²) >= 11 is 0. The number of sulfone groups is 1. The van der Waals surface area contributed by atoms with E-state index in [9.17, 15) is 27.8 Å². The maximum atomic E-state index is 13.4. The van der Waals surface area contributed by atoms with Gasteiger partial charge in [-0.1, -0.05) is 38.1 Å². The molecule has 170 valence electrons. The van der Waals surface area contributed by atoms with Crippen LogP contribution in [0.1, 0.15) is 39.2 Å². The second-order valence-electron chi connectivity index (χ2n) is 7.95. The fourth-order valence-corrected chi connectivity index (χ4v) is 5.59. The molecule has 3 atom stereocenters. The fourth-order valence-electron chi connectivity index (χ4n) is 3.86. The molecule has 1 aromatic carbocycles. The molecule has 7 nitrogen and oxygen atoms in total. The lowest BCUT2D eigenvalue weighted by Gasteiger charge is -2.31. The van der Waals surface area contributed by atoms with E-state index >= 15 is 0 Å². The van der Waals surface area contributed by atoms with Crippen LogP contribution in [0.15, 0.2) is 47.0 Å². The number of halogens is 1. The summed E-state index contributed by atoms with van der Waals surface area (Å²) in [5, 5.41) is 27.9. The number of carboxylic acids is 1. The minimum absolute atomic E-state index is 0.0312. The van der Waals surface area contributed by atoms with Crippen LogP contribution in [-0.2, 0) is 14.6 Å². The van der Waals surface area contributed by atoms with Crippen LogP contribution in [0.3, 0.4) is 0 Å². The number of carbonyl (C=O) groups is 1. The zero-order valence-corrected chi connectivity index (χ0v) is 18.7. The zero-order chi connectivity index (χ0) is 23.6. The van der Waals surface area contributed by atoms with Crippen molar-refractivity contribution in [1.82, 2.24) is 0 Å². The van der Waals surface area contributed by atoms with Crippen molar-refractivity contribution in [3.05, 3.63) is 53.4 Å². The first-order chi connectivity index (χ1) is 14.3. The number of aliphatic carboxylic acids is 1. The summed E-state index contributed by atoms with van der Waals surface area (Å²) in [7, 11) is -3.71. The molecule has 0 aliphatic carbocycles. The smallest absolute Gasteiger partial charge is 0.335 e. The molecule has 2 rings (SSSR count). The Labute approximate surface area is 181 Å². The van der Waals surface area contributed by atoms with E-state index in [2.05, 4.69) is 4.99 Å². The molecule has 0 saturated carbocycles. The lowest BCUT2D eigenvalue weighted by Crippen LogP contribution is -2.41. The zero-order valence-electron chi connectivity index (χ0n) is 17.9. The molecule has 0 spiro atoms. The van der Waals surface area contributed by atoms with Gasteiger partial charge in [-0.25, -0.2) is 17.6 Å². The van der Waals surface area contributed by atoms with Crippen molar-refractivity contribution >= 4 is 27.1 Å². The van der Waals surface area contributed by atoms with Crippen molar-refractivity contribution in [2.24, 2.45) is 10.9 Å². The van der Waals surface area contributed by atoms with Gasteiger partial charge in [0.1, 0.15) is 5.82 Å². The highest BCUT2D eigenvalue weighted by Gasteiger charge is 2.51. The molecule has 0 aromatic heterocycles. The third kappa shape index (κ3) is 4.94. The van der Waals surface area contributed by atoms with Gasteiger partial charge in [-0.2, -0.15) is 0 Å². The van der Waals surface area contributed by atoms with Crippen molar-refractivity contribution in [3.63, 3.8) is 0 Å². The predicted octanol–water partition coefficient (Wildman–Crippen LogP) is 2.59. The summed E-state index contributed by atoms with van der Waals surface area (Å²) in [6.45, 7) is 5.22. The molecular formula is C22H28FNO6S. The normalized spacial score (nSPS) is 21.6. The second kappa shape index (κ2) is 9.42. The molecule has 3 N–H and O–H groups in total. The Morgan fingerprint density at radius 1 is 1.23 bits per heavy atom. The van der Waals surface area contributed by atoms with Crippen LogP contribution in [0.25, 0.3) is 5.57 Å². The molecule has 0 saturated heterocycles. The van der Waals surface area contributed by atoms with Gasteiger partial charge in [0.25, 0.3) is 0 Å². The van der Waals surface area contributed by atoms with E-state index in [0.717, 1.165) is 6.26 Å². The third-order valence-corrected chi connectivity index (χ3v) is 7.28. The monoisotopic (exact) mass is 453 g/mol. The van der Waals surface area contributed by atoms with E-state index in [0.29, 0.717) is 22.4 Å². The van der Waals surface area contributed by atoms with Crippen LogP contribution < -0.4 is 0 Å². The third-order valence-electron chi connectivity index (χ3n) is 5.36. The van der Waals surface area contributed by atoms with E-state index in [4.69, 9.17) is 5.11 Å². The van der Waals surface area contributed by atoms with Crippen molar-refractivity contribution < 1.29 is 32.9 Å². The van der Waals surface area contributed by atoms with Gasteiger partial charge in [0.15, 0.2) is 20.8 Å². The van der Waals surface area contributed by atoms with Crippen LogP contribution >= 0.6 is 0 Å². The Balaban J connectivity index is 2.53. The fraction of sp³-hybridized carbons (Fsp3) is 0.455. The minimum atomic E-state index is -3.71. The highest BCUT2D eigenvalue weighted by atomic mass is 32.2. The summed E-state index contributed by atoms with van der Waals surface area (Å²) < 4.78 is 39.3. The summed E-state index contributed by atoms with van der Waals surface area (Å²) in [6, 6.07) is 5.69. The molecule has 1 aliphatic heterocycles. The average Bonchev–Trinajstić information content (AvgIpc) is 2.98.